The van der Waals surface area contributed by atoms with Crippen LogP contribution in [0.5, 0.6) is 0 Å². The minimum absolute atomic E-state index is 0. The molecule has 0 aliphatic heterocycles. The number of halogens is 2. The SMILES string of the molecule is CCCN(CCCSc1ccccc1Cl)CC(=O)O.Cl. The highest BCUT2D eigenvalue weighted by atomic mass is 35.5. The molecule has 1 aromatic carbocycles. The Hall–Kier alpha value is -0.420. The fraction of sp³-hybridized carbons (Fsp3) is 0.500. The van der Waals surface area contributed by atoms with E-state index in [0.29, 0.717) is 0 Å². The number of carboxylic acid groups (broad SMARTS) is 1. The summed E-state index contributed by atoms with van der Waals surface area (Å²) in [6, 6.07) is 7.79. The zero-order valence-electron chi connectivity index (χ0n) is 11.5. The predicted octanol–water partition coefficient (Wildman–Crippen LogP) is 4.04. The smallest absolute Gasteiger partial charge is 0.317 e. The van der Waals surface area contributed by atoms with Gasteiger partial charge in [0.1, 0.15) is 0 Å². The van der Waals surface area contributed by atoms with Crippen LogP contribution in [0, 0.1) is 0 Å². The van der Waals surface area contributed by atoms with Crippen LogP contribution in [0.1, 0.15) is 19.8 Å². The van der Waals surface area contributed by atoms with Crippen LogP contribution in [0.25, 0.3) is 0 Å². The van der Waals surface area contributed by atoms with Crippen LogP contribution < -0.4 is 0 Å². The number of benzene rings is 1. The lowest BCUT2D eigenvalue weighted by atomic mass is 10.3. The van der Waals surface area contributed by atoms with E-state index < -0.39 is 5.97 Å². The molecule has 0 aliphatic rings. The molecule has 20 heavy (non-hydrogen) atoms. The molecule has 1 aromatic rings. The van der Waals surface area contributed by atoms with Gasteiger partial charge in [0.05, 0.1) is 11.6 Å². The molecule has 0 fully saturated rings. The molecule has 6 heteroatoms. The van der Waals surface area contributed by atoms with Gasteiger partial charge in [-0.1, -0.05) is 30.7 Å². The number of carboxylic acids is 1. The fourth-order valence-corrected chi connectivity index (χ4v) is 2.98. The lowest BCUT2D eigenvalue weighted by Crippen LogP contribution is -2.31. The van der Waals surface area contributed by atoms with E-state index in [4.69, 9.17) is 16.7 Å². The first kappa shape index (κ1) is 19.6. The summed E-state index contributed by atoms with van der Waals surface area (Å²) in [5.74, 6) is 0.191. The summed E-state index contributed by atoms with van der Waals surface area (Å²) in [6.07, 6.45) is 1.94. The Balaban J connectivity index is 0.00000361. The number of aliphatic carboxylic acids is 1. The van der Waals surface area contributed by atoms with Crippen molar-refractivity contribution in [1.82, 2.24) is 4.90 Å². The lowest BCUT2D eigenvalue weighted by molar-refractivity contribution is -0.138. The van der Waals surface area contributed by atoms with Gasteiger partial charge in [-0.15, -0.1) is 24.2 Å². The molecule has 0 bridgehead atoms. The zero-order valence-corrected chi connectivity index (χ0v) is 13.9. The van der Waals surface area contributed by atoms with Crippen LogP contribution in [0.15, 0.2) is 29.2 Å². The minimum Gasteiger partial charge on any atom is -0.480 e. The average molecular weight is 338 g/mol. The van der Waals surface area contributed by atoms with Gasteiger partial charge in [0.15, 0.2) is 0 Å². The van der Waals surface area contributed by atoms with Crippen molar-refractivity contribution in [2.75, 3.05) is 25.4 Å². The van der Waals surface area contributed by atoms with Crippen molar-refractivity contribution < 1.29 is 9.90 Å². The Morgan fingerprint density at radius 3 is 2.65 bits per heavy atom. The molecule has 0 aromatic heterocycles. The summed E-state index contributed by atoms with van der Waals surface area (Å²) in [5, 5.41) is 9.60. The Labute approximate surface area is 136 Å². The van der Waals surface area contributed by atoms with Crippen molar-refractivity contribution in [3.63, 3.8) is 0 Å². The van der Waals surface area contributed by atoms with Crippen molar-refractivity contribution in [2.24, 2.45) is 0 Å². The molecule has 0 radical (unpaired) electrons. The third-order valence-corrected chi connectivity index (χ3v) is 4.21. The Morgan fingerprint density at radius 2 is 2.05 bits per heavy atom. The van der Waals surface area contributed by atoms with Crippen LogP contribution in [-0.2, 0) is 4.79 Å². The first-order valence-corrected chi connectivity index (χ1v) is 7.81. The molecule has 0 aliphatic carbocycles. The second-order valence-electron chi connectivity index (χ2n) is 4.30. The summed E-state index contributed by atoms with van der Waals surface area (Å²) in [4.78, 5) is 13.8. The highest BCUT2D eigenvalue weighted by Gasteiger charge is 2.08. The van der Waals surface area contributed by atoms with E-state index in [9.17, 15) is 4.79 Å². The molecule has 1 rings (SSSR count). The third-order valence-electron chi connectivity index (χ3n) is 2.61. The standard InChI is InChI=1S/C14H20ClNO2S.ClH/c1-2-8-16(11-14(17)18)9-5-10-19-13-7-4-3-6-12(13)15;/h3-4,6-7H,2,5,8-11H2,1H3,(H,17,18);1H. The van der Waals surface area contributed by atoms with Gasteiger partial charge in [0, 0.05) is 4.90 Å². The summed E-state index contributed by atoms with van der Waals surface area (Å²) < 4.78 is 0. The molecule has 1 N–H and O–H groups in total. The summed E-state index contributed by atoms with van der Waals surface area (Å²) in [5.41, 5.74) is 0. The Morgan fingerprint density at radius 1 is 1.35 bits per heavy atom. The highest BCUT2D eigenvalue weighted by Crippen LogP contribution is 2.26. The normalized spacial score (nSPS) is 10.3. The first-order chi connectivity index (χ1) is 9.13. The zero-order chi connectivity index (χ0) is 14.1. The Kier molecular flexibility index (Phi) is 11.0. The number of nitrogens with zero attached hydrogens (tertiary/aromatic N) is 1. The third kappa shape index (κ3) is 8.00. The molecule has 3 nitrogen and oxygen atoms in total. The topological polar surface area (TPSA) is 40.5 Å². The average Bonchev–Trinajstić information content (AvgIpc) is 2.36. The minimum atomic E-state index is -0.757. The van der Waals surface area contributed by atoms with E-state index in [2.05, 4.69) is 6.92 Å². The fourth-order valence-electron chi connectivity index (χ4n) is 1.81. The summed E-state index contributed by atoms with van der Waals surface area (Å²) >= 11 is 7.80. The van der Waals surface area contributed by atoms with E-state index >= 15 is 0 Å². The van der Waals surface area contributed by atoms with Crippen molar-refractivity contribution in [3.8, 4) is 0 Å². The van der Waals surface area contributed by atoms with E-state index in [1.807, 2.05) is 29.2 Å². The van der Waals surface area contributed by atoms with Crippen molar-refractivity contribution >= 4 is 41.7 Å². The van der Waals surface area contributed by atoms with Gasteiger partial charge in [-0.05, 0) is 43.8 Å². The molecular formula is C14H21Cl2NO2S. The lowest BCUT2D eigenvalue weighted by Gasteiger charge is -2.19. The predicted molar refractivity (Wildman–Crippen MR) is 88.4 cm³/mol. The van der Waals surface area contributed by atoms with E-state index in [-0.39, 0.29) is 19.0 Å². The quantitative estimate of drug-likeness (QED) is 0.545. The molecular weight excluding hydrogens is 317 g/mol. The number of thioether (sulfide) groups is 1. The number of rotatable bonds is 9. The van der Waals surface area contributed by atoms with Crippen molar-refractivity contribution in [1.29, 1.82) is 0 Å². The molecule has 0 heterocycles. The van der Waals surface area contributed by atoms with Gasteiger partial charge < -0.3 is 5.11 Å². The monoisotopic (exact) mass is 337 g/mol. The van der Waals surface area contributed by atoms with E-state index in [1.165, 1.54) is 0 Å². The van der Waals surface area contributed by atoms with E-state index in [0.717, 1.165) is 41.6 Å². The molecule has 0 atom stereocenters. The van der Waals surface area contributed by atoms with Crippen LogP contribution in [0.4, 0.5) is 0 Å². The van der Waals surface area contributed by atoms with Gasteiger partial charge in [0.25, 0.3) is 0 Å². The van der Waals surface area contributed by atoms with E-state index in [1.54, 1.807) is 11.8 Å². The number of carbonyl (C=O) groups is 1. The molecule has 0 unspecified atom stereocenters. The van der Waals surface area contributed by atoms with Crippen LogP contribution in [0.3, 0.4) is 0 Å². The Bertz CT molecular complexity index is 405. The largest absolute Gasteiger partial charge is 0.480 e. The van der Waals surface area contributed by atoms with Crippen molar-refractivity contribution in [3.05, 3.63) is 29.3 Å². The number of hydrogen-bond acceptors (Lipinski definition) is 3. The summed E-state index contributed by atoms with van der Waals surface area (Å²) in [7, 11) is 0. The highest BCUT2D eigenvalue weighted by molar-refractivity contribution is 7.99. The van der Waals surface area contributed by atoms with Crippen LogP contribution >= 0.6 is 35.8 Å². The molecule has 0 saturated heterocycles. The van der Waals surface area contributed by atoms with Gasteiger partial charge >= 0.3 is 5.97 Å². The second kappa shape index (κ2) is 11.3. The molecule has 114 valence electrons. The summed E-state index contributed by atoms with van der Waals surface area (Å²) in [6.45, 7) is 3.85. The second-order valence-corrected chi connectivity index (χ2v) is 5.85. The first-order valence-electron chi connectivity index (χ1n) is 6.45. The van der Waals surface area contributed by atoms with Gasteiger partial charge in [0.2, 0.25) is 0 Å². The maximum Gasteiger partial charge on any atom is 0.317 e. The molecule has 0 spiro atoms. The number of hydrogen-bond donors (Lipinski definition) is 1. The van der Waals surface area contributed by atoms with Gasteiger partial charge in [-0.2, -0.15) is 0 Å². The molecule has 0 amide bonds. The van der Waals surface area contributed by atoms with Crippen molar-refractivity contribution in [2.45, 2.75) is 24.7 Å². The van der Waals surface area contributed by atoms with Gasteiger partial charge in [-0.3, -0.25) is 9.69 Å². The maximum atomic E-state index is 10.7. The van der Waals surface area contributed by atoms with Gasteiger partial charge in [-0.25, -0.2) is 0 Å². The maximum absolute atomic E-state index is 10.7. The van der Waals surface area contributed by atoms with Crippen LogP contribution in [0.2, 0.25) is 5.02 Å². The molecule has 0 saturated carbocycles. The van der Waals surface area contributed by atoms with Crippen LogP contribution in [-0.4, -0.2) is 41.4 Å².